The maximum atomic E-state index is 9.99. The van der Waals surface area contributed by atoms with Gasteiger partial charge >= 0.3 is 0 Å². The van der Waals surface area contributed by atoms with Gasteiger partial charge in [-0.2, -0.15) is 0 Å². The van der Waals surface area contributed by atoms with E-state index in [1.807, 2.05) is 0 Å². The van der Waals surface area contributed by atoms with Gasteiger partial charge in [-0.1, -0.05) is 30.1 Å². The molecule has 14 heavy (non-hydrogen) atoms. The zero-order chi connectivity index (χ0) is 10.3. The van der Waals surface area contributed by atoms with Gasteiger partial charge in [0.2, 0.25) is 0 Å². The second kappa shape index (κ2) is 3.73. The van der Waals surface area contributed by atoms with Crippen molar-refractivity contribution in [1.82, 2.24) is 0 Å². The molecule has 1 saturated carbocycles. The molecule has 1 fully saturated rings. The summed E-state index contributed by atoms with van der Waals surface area (Å²) in [6, 6.07) is 5.21. The monoisotopic (exact) mass is 230 g/mol. The molecule has 0 amide bonds. The van der Waals surface area contributed by atoms with E-state index in [0.717, 1.165) is 12.0 Å². The zero-order valence-corrected chi connectivity index (χ0v) is 9.39. The molecule has 3 atom stereocenters. The molecular weight excluding hydrogens is 219 g/mol. The second-order valence-corrected chi connectivity index (χ2v) is 4.83. The minimum Gasteiger partial charge on any atom is -0.388 e. The Labute approximate surface area is 93.7 Å². The number of benzene rings is 1. The first-order valence-corrected chi connectivity index (χ1v) is 5.48. The van der Waals surface area contributed by atoms with Gasteiger partial charge in [0.1, 0.15) is 0 Å². The average molecular weight is 231 g/mol. The summed E-state index contributed by atoms with van der Waals surface area (Å²) >= 11 is 11.8. The van der Waals surface area contributed by atoms with Crippen LogP contribution in [-0.2, 0) is 0 Å². The van der Waals surface area contributed by atoms with Crippen molar-refractivity contribution in [1.29, 1.82) is 0 Å². The van der Waals surface area contributed by atoms with Gasteiger partial charge in [0, 0.05) is 15.6 Å². The molecule has 3 heteroatoms. The highest BCUT2D eigenvalue weighted by Gasteiger charge is 2.39. The van der Waals surface area contributed by atoms with Crippen LogP contribution in [0.5, 0.6) is 0 Å². The van der Waals surface area contributed by atoms with Crippen LogP contribution in [0.1, 0.15) is 25.0 Å². The fourth-order valence-corrected chi connectivity index (χ4v) is 2.17. The van der Waals surface area contributed by atoms with Crippen molar-refractivity contribution in [3.63, 3.8) is 0 Å². The van der Waals surface area contributed by atoms with Crippen LogP contribution < -0.4 is 0 Å². The zero-order valence-electron chi connectivity index (χ0n) is 7.87. The van der Waals surface area contributed by atoms with Crippen molar-refractivity contribution >= 4 is 23.2 Å². The van der Waals surface area contributed by atoms with E-state index in [-0.39, 0.29) is 0 Å². The Morgan fingerprint density at radius 3 is 2.64 bits per heavy atom. The highest BCUT2D eigenvalue weighted by atomic mass is 35.5. The Morgan fingerprint density at radius 1 is 1.43 bits per heavy atom. The first-order valence-electron chi connectivity index (χ1n) is 4.72. The van der Waals surface area contributed by atoms with Gasteiger partial charge < -0.3 is 5.11 Å². The molecule has 0 saturated heterocycles. The van der Waals surface area contributed by atoms with Gasteiger partial charge in [-0.3, -0.25) is 0 Å². The van der Waals surface area contributed by atoms with Crippen molar-refractivity contribution in [3.05, 3.63) is 33.8 Å². The van der Waals surface area contributed by atoms with E-state index in [1.54, 1.807) is 18.2 Å². The largest absolute Gasteiger partial charge is 0.388 e. The molecule has 0 radical (unpaired) electrons. The summed E-state index contributed by atoms with van der Waals surface area (Å²) in [6.45, 7) is 2.13. The Hall–Kier alpha value is -0.240. The van der Waals surface area contributed by atoms with E-state index in [1.165, 1.54) is 0 Å². The predicted octanol–water partition coefficient (Wildman–Crippen LogP) is 3.68. The van der Waals surface area contributed by atoms with Crippen molar-refractivity contribution < 1.29 is 5.11 Å². The quantitative estimate of drug-likeness (QED) is 0.822. The smallest absolute Gasteiger partial charge is 0.0835 e. The number of aliphatic hydroxyl groups excluding tert-OH is 1. The van der Waals surface area contributed by atoms with E-state index in [9.17, 15) is 5.11 Å². The van der Waals surface area contributed by atoms with Gasteiger partial charge in [0.15, 0.2) is 0 Å². The van der Waals surface area contributed by atoms with Crippen molar-refractivity contribution in [2.75, 3.05) is 0 Å². The summed E-state index contributed by atoms with van der Waals surface area (Å²) in [7, 11) is 0. The summed E-state index contributed by atoms with van der Waals surface area (Å²) in [5.74, 6) is 0.950. The third kappa shape index (κ3) is 1.90. The van der Waals surface area contributed by atoms with E-state index in [0.29, 0.717) is 21.9 Å². The average Bonchev–Trinajstić information content (AvgIpc) is 2.86. The van der Waals surface area contributed by atoms with Crippen LogP contribution in [0.15, 0.2) is 18.2 Å². The highest BCUT2D eigenvalue weighted by molar-refractivity contribution is 6.33. The van der Waals surface area contributed by atoms with Crippen LogP contribution in [0.3, 0.4) is 0 Å². The summed E-state index contributed by atoms with van der Waals surface area (Å²) in [5.41, 5.74) is 0.758. The minimum atomic E-state index is -0.462. The summed E-state index contributed by atoms with van der Waals surface area (Å²) in [6.07, 6.45) is 0.612. The molecule has 76 valence electrons. The molecular formula is C11H12Cl2O. The normalized spacial score (nSPS) is 27.4. The van der Waals surface area contributed by atoms with Gasteiger partial charge in [0.25, 0.3) is 0 Å². The molecule has 1 N–H and O–H groups in total. The minimum absolute atomic E-state index is 0.353. The fourth-order valence-electron chi connectivity index (χ4n) is 1.76. The maximum Gasteiger partial charge on any atom is 0.0835 e. The molecule has 1 aliphatic rings. The van der Waals surface area contributed by atoms with Crippen LogP contribution in [0.4, 0.5) is 0 Å². The van der Waals surface area contributed by atoms with Crippen LogP contribution in [0, 0.1) is 11.8 Å². The van der Waals surface area contributed by atoms with Crippen LogP contribution in [-0.4, -0.2) is 5.11 Å². The lowest BCUT2D eigenvalue weighted by Gasteiger charge is -2.12. The molecule has 0 aromatic heterocycles. The van der Waals surface area contributed by atoms with Gasteiger partial charge in [-0.05, 0) is 36.5 Å². The molecule has 2 rings (SSSR count). The topological polar surface area (TPSA) is 20.2 Å². The second-order valence-electron chi connectivity index (χ2n) is 3.99. The SMILES string of the molecule is CC1CC1C(O)c1cc(Cl)ccc1Cl. The molecule has 0 aliphatic heterocycles. The number of halogens is 2. The maximum absolute atomic E-state index is 9.99. The summed E-state index contributed by atoms with van der Waals surface area (Å²) < 4.78 is 0. The Bertz CT molecular complexity index is 351. The number of aliphatic hydroxyl groups is 1. The number of hydrogen-bond acceptors (Lipinski definition) is 1. The third-order valence-corrected chi connectivity index (χ3v) is 3.43. The summed E-state index contributed by atoms with van der Waals surface area (Å²) in [4.78, 5) is 0. The van der Waals surface area contributed by atoms with Crippen molar-refractivity contribution in [2.45, 2.75) is 19.4 Å². The van der Waals surface area contributed by atoms with E-state index in [2.05, 4.69) is 6.92 Å². The van der Waals surface area contributed by atoms with Crippen LogP contribution in [0.2, 0.25) is 10.0 Å². The third-order valence-electron chi connectivity index (χ3n) is 2.85. The van der Waals surface area contributed by atoms with Gasteiger partial charge in [0.05, 0.1) is 6.10 Å². The van der Waals surface area contributed by atoms with Crippen LogP contribution in [0.25, 0.3) is 0 Å². The molecule has 1 aliphatic carbocycles. The Balaban J connectivity index is 2.26. The predicted molar refractivity (Wildman–Crippen MR) is 58.7 cm³/mol. The number of hydrogen-bond donors (Lipinski definition) is 1. The van der Waals surface area contributed by atoms with Crippen molar-refractivity contribution in [3.8, 4) is 0 Å². The Kier molecular flexibility index (Phi) is 2.74. The lowest BCUT2D eigenvalue weighted by Crippen LogP contribution is -2.01. The molecule has 3 unspecified atom stereocenters. The van der Waals surface area contributed by atoms with E-state index < -0.39 is 6.10 Å². The Morgan fingerprint density at radius 2 is 2.07 bits per heavy atom. The first-order chi connectivity index (χ1) is 6.59. The summed E-state index contributed by atoms with van der Waals surface area (Å²) in [5, 5.41) is 11.2. The highest BCUT2D eigenvalue weighted by Crippen LogP contribution is 2.48. The molecule has 0 heterocycles. The van der Waals surface area contributed by atoms with Gasteiger partial charge in [-0.15, -0.1) is 0 Å². The molecule has 1 aromatic carbocycles. The molecule has 1 aromatic rings. The molecule has 1 nitrogen and oxygen atoms in total. The van der Waals surface area contributed by atoms with Crippen LogP contribution >= 0.6 is 23.2 Å². The lowest BCUT2D eigenvalue weighted by atomic mass is 10.0. The van der Waals surface area contributed by atoms with Gasteiger partial charge in [-0.25, -0.2) is 0 Å². The molecule has 0 spiro atoms. The standard InChI is InChI=1S/C11H12Cl2O/c1-6-4-8(6)11(14)9-5-7(12)2-3-10(9)13/h2-3,5-6,8,11,14H,4H2,1H3. The fraction of sp³-hybridized carbons (Fsp3) is 0.455. The van der Waals surface area contributed by atoms with Crippen molar-refractivity contribution in [2.24, 2.45) is 11.8 Å². The lowest BCUT2D eigenvalue weighted by molar-refractivity contribution is 0.148. The van der Waals surface area contributed by atoms with E-state index in [4.69, 9.17) is 23.2 Å². The first kappa shape index (κ1) is 10.3. The van der Waals surface area contributed by atoms with E-state index >= 15 is 0 Å². The molecule has 0 bridgehead atoms. The number of rotatable bonds is 2.